The van der Waals surface area contributed by atoms with Gasteiger partial charge in [-0.25, -0.2) is 9.59 Å². The molecule has 1 aliphatic heterocycles. The third-order valence-corrected chi connectivity index (χ3v) is 0.779. The van der Waals surface area contributed by atoms with Crippen molar-refractivity contribution in [3.63, 3.8) is 0 Å². The van der Waals surface area contributed by atoms with Crippen molar-refractivity contribution in [2.45, 2.75) is 0 Å². The second-order valence-electron chi connectivity index (χ2n) is 1.61. The predicted molar refractivity (Wildman–Crippen MR) is 37.2 cm³/mol. The molecule has 0 aromatic heterocycles. The van der Waals surface area contributed by atoms with Gasteiger partial charge in [0.1, 0.15) is 6.61 Å². The van der Waals surface area contributed by atoms with Gasteiger partial charge in [-0.1, -0.05) is 6.58 Å². The summed E-state index contributed by atoms with van der Waals surface area (Å²) in [6.45, 7) is 4.15. The molecular weight excluding hydrogens is 150 g/mol. The van der Waals surface area contributed by atoms with E-state index in [-0.39, 0.29) is 6.09 Å². The average molecular weight is 159 g/mol. The maximum atomic E-state index is 9.91. The quantitative estimate of drug-likeness (QED) is 0.527. The van der Waals surface area contributed by atoms with E-state index in [1.165, 1.54) is 0 Å². The maximum absolute atomic E-state index is 9.91. The van der Waals surface area contributed by atoms with Crippen LogP contribution in [0.4, 0.5) is 4.79 Å². The first kappa shape index (κ1) is 9.48. The standard InChI is InChI=1S/C3H5NO2.C3H4O2/c5-3-4-1-2-6-3;1-2-3(4)5/h1-2H2,(H,4,5);2H,1H2,(H,4,5). The highest BCUT2D eigenvalue weighted by molar-refractivity contribution is 5.78. The fraction of sp³-hybridized carbons (Fsp3) is 0.333. The van der Waals surface area contributed by atoms with Crippen LogP contribution < -0.4 is 5.32 Å². The van der Waals surface area contributed by atoms with E-state index in [9.17, 15) is 9.59 Å². The van der Waals surface area contributed by atoms with Crippen LogP contribution in [0.15, 0.2) is 12.7 Å². The van der Waals surface area contributed by atoms with Crippen LogP contribution in [-0.4, -0.2) is 30.3 Å². The van der Waals surface area contributed by atoms with Gasteiger partial charge in [0.2, 0.25) is 0 Å². The van der Waals surface area contributed by atoms with Crippen molar-refractivity contribution in [2.24, 2.45) is 0 Å². The molecule has 5 nitrogen and oxygen atoms in total. The molecule has 2 N–H and O–H groups in total. The van der Waals surface area contributed by atoms with Gasteiger partial charge >= 0.3 is 12.1 Å². The monoisotopic (exact) mass is 159 g/mol. The molecule has 0 bridgehead atoms. The Morgan fingerprint density at radius 3 is 2.45 bits per heavy atom. The van der Waals surface area contributed by atoms with Crippen LogP contribution in [0.5, 0.6) is 0 Å². The van der Waals surface area contributed by atoms with Crippen molar-refractivity contribution in [1.29, 1.82) is 0 Å². The normalized spacial score (nSPS) is 13.6. The molecule has 0 spiro atoms. The molecule has 0 aromatic rings. The summed E-state index contributed by atoms with van der Waals surface area (Å²) in [4.78, 5) is 19.2. The Hall–Kier alpha value is -1.52. The van der Waals surface area contributed by atoms with Crippen molar-refractivity contribution >= 4 is 12.1 Å². The number of rotatable bonds is 1. The molecule has 1 aliphatic rings. The molecule has 0 aliphatic carbocycles. The van der Waals surface area contributed by atoms with Crippen molar-refractivity contribution < 1.29 is 19.4 Å². The van der Waals surface area contributed by atoms with Crippen LogP contribution in [0, 0.1) is 0 Å². The van der Waals surface area contributed by atoms with E-state index in [0.29, 0.717) is 13.2 Å². The van der Waals surface area contributed by atoms with Crippen LogP contribution in [0.2, 0.25) is 0 Å². The molecule has 0 unspecified atom stereocenters. The summed E-state index contributed by atoms with van der Waals surface area (Å²) < 4.78 is 4.40. The van der Waals surface area contributed by atoms with Gasteiger partial charge in [-0.05, 0) is 0 Å². The number of carboxylic acid groups (broad SMARTS) is 1. The van der Waals surface area contributed by atoms with E-state index in [4.69, 9.17) is 5.11 Å². The van der Waals surface area contributed by atoms with Crippen molar-refractivity contribution in [1.82, 2.24) is 5.32 Å². The Balaban J connectivity index is 0.000000187. The average Bonchev–Trinajstić information content (AvgIpc) is 2.41. The Morgan fingerprint density at radius 2 is 2.36 bits per heavy atom. The number of hydrogen-bond donors (Lipinski definition) is 2. The molecule has 1 saturated heterocycles. The molecule has 1 fully saturated rings. The zero-order valence-electron chi connectivity index (χ0n) is 5.87. The summed E-state index contributed by atoms with van der Waals surface area (Å²) in [5.74, 6) is -0.981. The molecule has 5 heteroatoms. The van der Waals surface area contributed by atoms with E-state index in [1.54, 1.807) is 0 Å². The molecule has 62 valence electrons. The zero-order chi connectivity index (χ0) is 8.69. The smallest absolute Gasteiger partial charge is 0.407 e. The number of aliphatic carboxylic acids is 1. The lowest BCUT2D eigenvalue weighted by atomic mass is 10.7. The Kier molecular flexibility index (Phi) is 4.55. The number of ether oxygens (including phenoxy) is 1. The van der Waals surface area contributed by atoms with Gasteiger partial charge in [-0.3, -0.25) is 0 Å². The lowest BCUT2D eigenvalue weighted by Gasteiger charge is -1.80. The number of carboxylic acids is 1. The number of amides is 1. The zero-order valence-corrected chi connectivity index (χ0v) is 5.87. The topological polar surface area (TPSA) is 75.6 Å². The summed E-state index contributed by atoms with van der Waals surface area (Å²) in [5, 5.41) is 10.1. The summed E-state index contributed by atoms with van der Waals surface area (Å²) in [6.07, 6.45) is 0.537. The van der Waals surface area contributed by atoms with Crippen LogP contribution in [0.3, 0.4) is 0 Å². The SMILES string of the molecule is C=CC(=O)O.O=C1NCCO1. The van der Waals surface area contributed by atoms with Gasteiger partial charge in [0.05, 0.1) is 6.54 Å². The Morgan fingerprint density at radius 1 is 1.82 bits per heavy atom. The summed E-state index contributed by atoms with van der Waals surface area (Å²) in [5.41, 5.74) is 0. The van der Waals surface area contributed by atoms with E-state index in [2.05, 4.69) is 16.6 Å². The minimum Gasteiger partial charge on any atom is -0.478 e. The lowest BCUT2D eigenvalue weighted by molar-refractivity contribution is -0.131. The lowest BCUT2D eigenvalue weighted by Crippen LogP contribution is -2.11. The molecule has 1 rings (SSSR count). The number of carbonyl (C=O) groups is 2. The van der Waals surface area contributed by atoms with Gasteiger partial charge in [-0.15, -0.1) is 0 Å². The largest absolute Gasteiger partial charge is 0.478 e. The van der Waals surface area contributed by atoms with Crippen molar-refractivity contribution in [2.75, 3.05) is 13.2 Å². The number of alkyl carbamates (subject to hydrolysis) is 1. The maximum Gasteiger partial charge on any atom is 0.407 e. The number of cyclic esters (lactones) is 1. The molecule has 1 amide bonds. The fourth-order valence-corrected chi connectivity index (χ4v) is 0.348. The molecular formula is C6H9NO4. The van der Waals surface area contributed by atoms with E-state index in [1.807, 2.05) is 0 Å². The first-order valence-electron chi connectivity index (χ1n) is 2.93. The van der Waals surface area contributed by atoms with E-state index >= 15 is 0 Å². The van der Waals surface area contributed by atoms with Gasteiger partial charge < -0.3 is 15.2 Å². The molecule has 0 atom stereocenters. The van der Waals surface area contributed by atoms with Crippen molar-refractivity contribution in [3.8, 4) is 0 Å². The van der Waals surface area contributed by atoms with Crippen LogP contribution in [0.1, 0.15) is 0 Å². The summed E-state index contributed by atoms with van der Waals surface area (Å²) >= 11 is 0. The Labute approximate surface area is 63.7 Å². The first-order valence-corrected chi connectivity index (χ1v) is 2.93. The summed E-state index contributed by atoms with van der Waals surface area (Å²) in [7, 11) is 0. The predicted octanol–water partition coefficient (Wildman–Crippen LogP) is -0.0168. The number of nitrogens with one attached hydrogen (secondary N) is 1. The molecule has 0 saturated carbocycles. The van der Waals surface area contributed by atoms with Crippen LogP contribution in [-0.2, 0) is 9.53 Å². The number of hydrogen-bond acceptors (Lipinski definition) is 3. The highest BCUT2D eigenvalue weighted by Gasteiger charge is 2.06. The second kappa shape index (κ2) is 5.28. The highest BCUT2D eigenvalue weighted by atomic mass is 16.6. The minimum absolute atomic E-state index is 0.296. The molecule has 0 radical (unpaired) electrons. The second-order valence-corrected chi connectivity index (χ2v) is 1.61. The number of carbonyl (C=O) groups excluding carboxylic acids is 1. The van der Waals surface area contributed by atoms with Crippen LogP contribution >= 0.6 is 0 Å². The molecule has 11 heavy (non-hydrogen) atoms. The van der Waals surface area contributed by atoms with Gasteiger partial charge in [0, 0.05) is 6.08 Å². The minimum atomic E-state index is -0.981. The Bertz CT molecular complexity index is 158. The molecule has 0 aromatic carbocycles. The van der Waals surface area contributed by atoms with Gasteiger partial charge in [-0.2, -0.15) is 0 Å². The summed E-state index contributed by atoms with van der Waals surface area (Å²) in [6, 6.07) is 0. The highest BCUT2D eigenvalue weighted by Crippen LogP contribution is 1.82. The molecule has 1 heterocycles. The van der Waals surface area contributed by atoms with Crippen LogP contribution in [0.25, 0.3) is 0 Å². The van der Waals surface area contributed by atoms with E-state index < -0.39 is 5.97 Å². The van der Waals surface area contributed by atoms with Gasteiger partial charge in [0.15, 0.2) is 0 Å². The first-order chi connectivity index (χ1) is 5.16. The van der Waals surface area contributed by atoms with Crippen molar-refractivity contribution in [3.05, 3.63) is 12.7 Å². The third-order valence-electron chi connectivity index (χ3n) is 0.779. The third kappa shape index (κ3) is 6.36. The van der Waals surface area contributed by atoms with E-state index in [0.717, 1.165) is 6.08 Å². The fourth-order valence-electron chi connectivity index (χ4n) is 0.348. The van der Waals surface area contributed by atoms with Gasteiger partial charge in [0.25, 0.3) is 0 Å².